The number of nitrogens with one attached hydrogen (secondary N) is 1. The largest absolute Gasteiger partial charge is 0.497 e. The van der Waals surface area contributed by atoms with Gasteiger partial charge in [-0.15, -0.1) is 11.3 Å². The van der Waals surface area contributed by atoms with Crippen LogP contribution in [0.1, 0.15) is 60.1 Å². The maximum Gasteiger partial charge on any atom is 0.417 e. The molecule has 1 aromatic carbocycles. The molecule has 0 aliphatic heterocycles. The van der Waals surface area contributed by atoms with Crippen LogP contribution in [0.15, 0.2) is 42.6 Å². The number of ketones is 1. The van der Waals surface area contributed by atoms with Crippen molar-refractivity contribution >= 4 is 22.9 Å². The van der Waals surface area contributed by atoms with E-state index in [-0.39, 0.29) is 43.3 Å². The van der Waals surface area contributed by atoms with Crippen LogP contribution >= 0.6 is 11.3 Å². The standard InChI is InChI=1S/C29H32F5N3O2S/c1-17-14-28(30,31)11-5-7-19(12-21(17)15-35-24-10-9-22(16-36-24)29(32,33)34)26(38)25-27(40-18(2)37-25)20-6-4-8-23(13-20)39-3/h4,6,8-10,13,16-17,19,21H,5,7,11-12,14-15H2,1-3H3,(H,35,36)/t17-,19?,21?/m1/s1. The fraction of sp³-hybridized carbons (Fsp3) is 0.483. The molecule has 1 aliphatic carbocycles. The highest BCUT2D eigenvalue weighted by molar-refractivity contribution is 7.15. The van der Waals surface area contributed by atoms with E-state index in [1.807, 2.05) is 31.2 Å². The molecule has 1 fully saturated rings. The molecule has 0 radical (unpaired) electrons. The first-order valence-corrected chi connectivity index (χ1v) is 14.0. The van der Waals surface area contributed by atoms with Crippen molar-refractivity contribution in [3.05, 3.63) is 58.9 Å². The summed E-state index contributed by atoms with van der Waals surface area (Å²) in [7, 11) is 1.56. The summed E-state index contributed by atoms with van der Waals surface area (Å²) in [6.45, 7) is 3.75. The first-order chi connectivity index (χ1) is 18.9. The van der Waals surface area contributed by atoms with Crippen molar-refractivity contribution in [2.45, 2.75) is 58.1 Å². The van der Waals surface area contributed by atoms with E-state index in [0.717, 1.165) is 22.8 Å². The molecular formula is C29H32F5N3O2S. The predicted molar refractivity (Wildman–Crippen MR) is 145 cm³/mol. The number of halogens is 5. The average molecular weight is 582 g/mol. The Hall–Kier alpha value is -3.08. The number of aromatic nitrogens is 2. The fourth-order valence-electron chi connectivity index (χ4n) is 5.23. The number of hydrogen-bond acceptors (Lipinski definition) is 6. The number of aryl methyl sites for hydroxylation is 1. The lowest BCUT2D eigenvalue weighted by atomic mass is 9.80. The van der Waals surface area contributed by atoms with Crippen molar-refractivity contribution in [1.29, 1.82) is 0 Å². The Morgan fingerprint density at radius 2 is 2.00 bits per heavy atom. The van der Waals surface area contributed by atoms with Gasteiger partial charge in [-0.25, -0.2) is 18.7 Å². The van der Waals surface area contributed by atoms with Gasteiger partial charge >= 0.3 is 6.18 Å². The number of pyridine rings is 1. The molecule has 3 aromatic rings. The van der Waals surface area contributed by atoms with Crippen LogP contribution < -0.4 is 10.1 Å². The lowest BCUT2D eigenvalue weighted by molar-refractivity contribution is -0.137. The van der Waals surface area contributed by atoms with Crippen LogP contribution in [0.25, 0.3) is 10.4 Å². The van der Waals surface area contributed by atoms with Crippen LogP contribution in [0.2, 0.25) is 0 Å². The molecule has 0 bridgehead atoms. The van der Waals surface area contributed by atoms with Crippen molar-refractivity contribution < 1.29 is 31.5 Å². The first-order valence-electron chi connectivity index (χ1n) is 13.2. The van der Waals surface area contributed by atoms with E-state index >= 15 is 0 Å². The number of benzene rings is 1. The van der Waals surface area contributed by atoms with Gasteiger partial charge < -0.3 is 10.1 Å². The van der Waals surface area contributed by atoms with Crippen LogP contribution in [0.5, 0.6) is 5.75 Å². The number of anilines is 1. The predicted octanol–water partition coefficient (Wildman–Crippen LogP) is 8.30. The zero-order valence-electron chi connectivity index (χ0n) is 22.5. The number of alkyl halides is 5. The van der Waals surface area contributed by atoms with Gasteiger partial charge in [0.15, 0.2) is 5.78 Å². The monoisotopic (exact) mass is 581 g/mol. The normalized spacial score (nSPS) is 21.6. The maximum absolute atomic E-state index is 14.7. The van der Waals surface area contributed by atoms with Gasteiger partial charge in [0.1, 0.15) is 17.3 Å². The maximum atomic E-state index is 14.7. The Kier molecular flexibility index (Phi) is 9.12. The van der Waals surface area contributed by atoms with Gasteiger partial charge in [-0.2, -0.15) is 13.2 Å². The molecule has 40 heavy (non-hydrogen) atoms. The summed E-state index contributed by atoms with van der Waals surface area (Å²) >= 11 is 1.40. The molecule has 0 amide bonds. The lowest BCUT2D eigenvalue weighted by Gasteiger charge is -2.28. The number of carbonyl (C=O) groups is 1. The average Bonchev–Trinajstić information content (AvgIpc) is 3.31. The third-order valence-corrected chi connectivity index (χ3v) is 8.43. The number of methoxy groups -OCH3 is 1. The number of Topliss-reactive ketones (excluding diaryl/α,β-unsaturated/α-hetero) is 1. The number of rotatable bonds is 7. The highest BCUT2D eigenvalue weighted by atomic mass is 32.1. The number of ether oxygens (including phenoxy) is 1. The Bertz CT molecular complexity index is 1310. The Labute approximate surface area is 234 Å². The molecule has 0 spiro atoms. The van der Waals surface area contributed by atoms with E-state index in [9.17, 15) is 26.7 Å². The zero-order chi connectivity index (χ0) is 29.1. The second-order valence-electron chi connectivity index (χ2n) is 10.4. The Morgan fingerprint density at radius 1 is 1.23 bits per heavy atom. The van der Waals surface area contributed by atoms with Crippen LogP contribution in [-0.2, 0) is 6.18 Å². The highest BCUT2D eigenvalue weighted by Gasteiger charge is 2.38. The third-order valence-electron chi connectivity index (χ3n) is 7.41. The van der Waals surface area contributed by atoms with Gasteiger partial charge in [0.25, 0.3) is 0 Å². The van der Waals surface area contributed by atoms with E-state index in [1.54, 1.807) is 14.0 Å². The SMILES string of the molecule is COc1cccc(-c2sc(C)nc2C(=O)C2CCCC(F)(F)C[C@@H](C)C(CNc3ccc(C(F)(F)F)cn3)C2)c1. The molecule has 1 saturated carbocycles. The summed E-state index contributed by atoms with van der Waals surface area (Å²) in [5, 5.41) is 3.73. The highest BCUT2D eigenvalue weighted by Crippen LogP contribution is 2.40. The second-order valence-corrected chi connectivity index (χ2v) is 11.6. The molecule has 2 heterocycles. The number of thiazole rings is 1. The van der Waals surface area contributed by atoms with E-state index in [0.29, 0.717) is 29.2 Å². The van der Waals surface area contributed by atoms with Crippen molar-refractivity contribution in [3.8, 4) is 16.2 Å². The van der Waals surface area contributed by atoms with Crippen molar-refractivity contribution in [3.63, 3.8) is 0 Å². The molecule has 2 unspecified atom stereocenters. The zero-order valence-corrected chi connectivity index (χ0v) is 23.3. The first kappa shape index (κ1) is 29.9. The summed E-state index contributed by atoms with van der Waals surface area (Å²) in [6.07, 6.45) is -3.56. The topological polar surface area (TPSA) is 64.1 Å². The molecule has 5 nitrogen and oxygen atoms in total. The summed E-state index contributed by atoms with van der Waals surface area (Å²) in [4.78, 5) is 23.0. The molecule has 4 rings (SSSR count). The van der Waals surface area contributed by atoms with Gasteiger partial charge in [0, 0.05) is 31.5 Å². The minimum atomic E-state index is -4.51. The van der Waals surface area contributed by atoms with Crippen molar-refractivity contribution in [1.82, 2.24) is 9.97 Å². The number of hydrogen-bond donors (Lipinski definition) is 1. The Balaban J connectivity index is 1.59. The van der Waals surface area contributed by atoms with Crippen LogP contribution in [0.4, 0.5) is 27.8 Å². The minimum Gasteiger partial charge on any atom is -0.497 e. The number of nitrogens with zero attached hydrogens (tertiary/aromatic N) is 2. The van der Waals surface area contributed by atoms with Crippen LogP contribution in [-0.4, -0.2) is 35.3 Å². The number of carbonyl (C=O) groups excluding carboxylic acids is 1. The van der Waals surface area contributed by atoms with E-state index in [4.69, 9.17) is 4.74 Å². The molecular weight excluding hydrogens is 549 g/mol. The van der Waals surface area contributed by atoms with Gasteiger partial charge in [-0.1, -0.05) is 19.1 Å². The van der Waals surface area contributed by atoms with E-state index in [2.05, 4.69) is 15.3 Å². The minimum absolute atomic E-state index is 0.183. The molecule has 2 aromatic heterocycles. The molecule has 216 valence electrons. The summed E-state index contributed by atoms with van der Waals surface area (Å²) in [5.41, 5.74) is 0.253. The van der Waals surface area contributed by atoms with Gasteiger partial charge in [-0.05, 0) is 67.9 Å². The van der Waals surface area contributed by atoms with E-state index in [1.165, 1.54) is 17.4 Å². The molecule has 3 atom stereocenters. The van der Waals surface area contributed by atoms with Crippen LogP contribution in [0, 0.1) is 24.7 Å². The molecule has 1 N–H and O–H groups in total. The third kappa shape index (κ3) is 7.35. The van der Waals surface area contributed by atoms with Gasteiger partial charge in [0.05, 0.1) is 22.6 Å². The molecule has 11 heteroatoms. The van der Waals surface area contributed by atoms with E-state index < -0.39 is 29.5 Å². The van der Waals surface area contributed by atoms with Crippen molar-refractivity contribution in [2.75, 3.05) is 19.0 Å². The van der Waals surface area contributed by atoms with Crippen molar-refractivity contribution in [2.24, 2.45) is 17.8 Å². The summed E-state index contributed by atoms with van der Waals surface area (Å²) < 4.78 is 73.5. The summed E-state index contributed by atoms with van der Waals surface area (Å²) in [6, 6.07) is 9.49. The lowest BCUT2D eigenvalue weighted by Crippen LogP contribution is -2.29. The molecule has 0 saturated heterocycles. The quantitative estimate of drug-likeness (QED) is 0.225. The van der Waals surface area contributed by atoms with Gasteiger partial charge in [0.2, 0.25) is 5.92 Å². The second kappa shape index (κ2) is 12.2. The smallest absolute Gasteiger partial charge is 0.417 e. The molecule has 1 aliphatic rings. The Morgan fingerprint density at radius 3 is 2.67 bits per heavy atom. The van der Waals surface area contributed by atoms with Crippen LogP contribution in [0.3, 0.4) is 0 Å². The summed E-state index contributed by atoms with van der Waals surface area (Å²) in [5.74, 6) is -3.52. The van der Waals surface area contributed by atoms with Gasteiger partial charge in [-0.3, -0.25) is 4.79 Å². The fourth-order valence-corrected chi connectivity index (χ4v) is 6.15.